The first-order chi connectivity index (χ1) is 15.5. The molecule has 1 fully saturated rings. The van der Waals surface area contributed by atoms with Crippen LogP contribution < -0.4 is 20.1 Å². The number of anilines is 2. The SMILES string of the molecule is COc1cc2nc(N3CCN(C(=O)/C=C/c4ccccc4C)CC3)nc(N)c2cc1OC. The van der Waals surface area contributed by atoms with Gasteiger partial charge in [-0.3, -0.25) is 4.79 Å². The third-order valence-corrected chi connectivity index (χ3v) is 5.69. The van der Waals surface area contributed by atoms with E-state index in [-0.39, 0.29) is 5.91 Å². The average molecular weight is 434 g/mol. The fraction of sp³-hybridized carbons (Fsp3) is 0.292. The van der Waals surface area contributed by atoms with E-state index in [9.17, 15) is 4.79 Å². The number of carbonyl (C=O) groups is 1. The normalized spacial score (nSPS) is 14.2. The number of aromatic nitrogens is 2. The van der Waals surface area contributed by atoms with Crippen molar-refractivity contribution >= 4 is 34.7 Å². The lowest BCUT2D eigenvalue weighted by Crippen LogP contribution is -2.48. The van der Waals surface area contributed by atoms with E-state index in [0.717, 1.165) is 11.1 Å². The van der Waals surface area contributed by atoms with Crippen LogP contribution in [-0.2, 0) is 4.79 Å². The number of aryl methyl sites for hydroxylation is 1. The number of benzene rings is 2. The highest BCUT2D eigenvalue weighted by Gasteiger charge is 2.22. The smallest absolute Gasteiger partial charge is 0.246 e. The number of amides is 1. The minimum atomic E-state index is 0.00341. The van der Waals surface area contributed by atoms with Crippen molar-refractivity contribution in [3.63, 3.8) is 0 Å². The molecular formula is C24H27N5O3. The van der Waals surface area contributed by atoms with Crippen molar-refractivity contribution in [1.29, 1.82) is 0 Å². The summed E-state index contributed by atoms with van der Waals surface area (Å²) in [4.78, 5) is 25.7. The molecule has 1 amide bonds. The molecule has 8 nitrogen and oxygen atoms in total. The Morgan fingerprint density at radius 3 is 2.41 bits per heavy atom. The Labute approximate surface area is 187 Å². The highest BCUT2D eigenvalue weighted by Crippen LogP contribution is 2.34. The second kappa shape index (κ2) is 9.13. The van der Waals surface area contributed by atoms with Gasteiger partial charge in [0.1, 0.15) is 5.82 Å². The first-order valence-electron chi connectivity index (χ1n) is 10.5. The number of ether oxygens (including phenoxy) is 2. The highest BCUT2D eigenvalue weighted by atomic mass is 16.5. The summed E-state index contributed by atoms with van der Waals surface area (Å²) in [5.74, 6) is 2.09. The van der Waals surface area contributed by atoms with E-state index in [1.54, 1.807) is 32.4 Å². The van der Waals surface area contributed by atoms with Crippen LogP contribution >= 0.6 is 0 Å². The molecule has 8 heteroatoms. The lowest BCUT2D eigenvalue weighted by atomic mass is 10.1. The van der Waals surface area contributed by atoms with E-state index >= 15 is 0 Å². The number of piperazine rings is 1. The Balaban J connectivity index is 1.47. The third kappa shape index (κ3) is 4.30. The molecule has 0 radical (unpaired) electrons. The lowest BCUT2D eigenvalue weighted by molar-refractivity contribution is -0.126. The molecule has 2 N–H and O–H groups in total. The molecule has 1 aliphatic heterocycles. The molecule has 4 rings (SSSR count). The molecule has 0 spiro atoms. The van der Waals surface area contributed by atoms with Gasteiger partial charge in [-0.25, -0.2) is 4.98 Å². The Morgan fingerprint density at radius 1 is 1.03 bits per heavy atom. The van der Waals surface area contributed by atoms with Gasteiger partial charge in [0.15, 0.2) is 11.5 Å². The first kappa shape index (κ1) is 21.4. The molecular weight excluding hydrogens is 406 g/mol. The second-order valence-corrected chi connectivity index (χ2v) is 7.64. The lowest BCUT2D eigenvalue weighted by Gasteiger charge is -2.34. The monoisotopic (exact) mass is 433 g/mol. The zero-order valence-corrected chi connectivity index (χ0v) is 18.5. The predicted molar refractivity (Wildman–Crippen MR) is 126 cm³/mol. The van der Waals surface area contributed by atoms with E-state index in [0.29, 0.717) is 60.3 Å². The van der Waals surface area contributed by atoms with Gasteiger partial charge in [-0.2, -0.15) is 4.98 Å². The van der Waals surface area contributed by atoms with Crippen LogP contribution in [0.4, 0.5) is 11.8 Å². The maximum absolute atomic E-state index is 12.6. The van der Waals surface area contributed by atoms with Crippen LogP contribution in [0.2, 0.25) is 0 Å². The number of methoxy groups -OCH3 is 2. The van der Waals surface area contributed by atoms with Gasteiger partial charge < -0.3 is 25.0 Å². The first-order valence-corrected chi connectivity index (χ1v) is 10.5. The van der Waals surface area contributed by atoms with Crippen molar-refractivity contribution in [2.24, 2.45) is 0 Å². The van der Waals surface area contributed by atoms with Gasteiger partial charge in [0.2, 0.25) is 11.9 Å². The number of nitrogen functional groups attached to an aromatic ring is 1. The fourth-order valence-corrected chi connectivity index (χ4v) is 3.78. The standard InChI is InChI=1S/C24H27N5O3/c1-16-6-4-5-7-17(16)8-9-22(30)28-10-12-29(13-11-28)24-26-19-15-21(32-3)20(31-2)14-18(19)23(25)27-24/h4-9,14-15H,10-13H2,1-3H3,(H2,25,26,27)/b9-8+. The predicted octanol–water partition coefficient (Wildman–Crippen LogP) is 2.90. The van der Waals surface area contributed by atoms with E-state index in [4.69, 9.17) is 15.2 Å². The summed E-state index contributed by atoms with van der Waals surface area (Å²) >= 11 is 0. The number of carbonyl (C=O) groups excluding carboxylic acids is 1. The zero-order valence-electron chi connectivity index (χ0n) is 18.5. The van der Waals surface area contributed by atoms with Crippen molar-refractivity contribution in [3.05, 3.63) is 53.6 Å². The van der Waals surface area contributed by atoms with Crippen molar-refractivity contribution in [3.8, 4) is 11.5 Å². The number of rotatable bonds is 5. The van der Waals surface area contributed by atoms with Crippen molar-refractivity contribution < 1.29 is 14.3 Å². The molecule has 166 valence electrons. The molecule has 32 heavy (non-hydrogen) atoms. The largest absolute Gasteiger partial charge is 0.493 e. The van der Waals surface area contributed by atoms with Crippen molar-refractivity contribution in [2.45, 2.75) is 6.92 Å². The summed E-state index contributed by atoms with van der Waals surface area (Å²) in [5, 5.41) is 0.710. The maximum Gasteiger partial charge on any atom is 0.246 e. The van der Waals surface area contributed by atoms with Crippen LogP contribution in [0.25, 0.3) is 17.0 Å². The van der Waals surface area contributed by atoms with Crippen LogP contribution in [0.3, 0.4) is 0 Å². The second-order valence-electron chi connectivity index (χ2n) is 7.64. The van der Waals surface area contributed by atoms with E-state index in [1.165, 1.54) is 0 Å². The van der Waals surface area contributed by atoms with Crippen molar-refractivity contribution in [1.82, 2.24) is 14.9 Å². The quantitative estimate of drug-likeness (QED) is 0.618. The molecule has 0 aliphatic carbocycles. The summed E-state index contributed by atoms with van der Waals surface area (Å²) in [5.41, 5.74) is 9.09. The highest BCUT2D eigenvalue weighted by molar-refractivity contribution is 5.93. The van der Waals surface area contributed by atoms with Crippen LogP contribution in [-0.4, -0.2) is 61.2 Å². The van der Waals surface area contributed by atoms with Crippen molar-refractivity contribution in [2.75, 3.05) is 51.0 Å². The topological polar surface area (TPSA) is 93.8 Å². The van der Waals surface area contributed by atoms with Crippen LogP contribution in [0.5, 0.6) is 11.5 Å². The van der Waals surface area contributed by atoms with E-state index < -0.39 is 0 Å². The Kier molecular flexibility index (Phi) is 6.11. The summed E-state index contributed by atoms with van der Waals surface area (Å²) in [6.07, 6.45) is 3.51. The third-order valence-electron chi connectivity index (χ3n) is 5.69. The summed E-state index contributed by atoms with van der Waals surface area (Å²) < 4.78 is 10.7. The summed E-state index contributed by atoms with van der Waals surface area (Å²) in [6.45, 7) is 4.46. The molecule has 0 bridgehead atoms. The minimum absolute atomic E-state index is 0.00341. The summed E-state index contributed by atoms with van der Waals surface area (Å²) in [6, 6.07) is 11.6. The molecule has 2 heterocycles. The number of nitrogens with two attached hydrogens (primary N) is 1. The number of nitrogens with zero attached hydrogens (tertiary/aromatic N) is 4. The van der Waals surface area contributed by atoms with Crippen LogP contribution in [0, 0.1) is 6.92 Å². The Morgan fingerprint density at radius 2 is 1.72 bits per heavy atom. The van der Waals surface area contributed by atoms with E-state index in [2.05, 4.69) is 9.97 Å². The van der Waals surface area contributed by atoms with E-state index in [1.807, 2.05) is 47.1 Å². The van der Waals surface area contributed by atoms with Gasteiger partial charge in [-0.1, -0.05) is 24.3 Å². The van der Waals surface area contributed by atoms with Gasteiger partial charge >= 0.3 is 0 Å². The molecule has 1 aliphatic rings. The average Bonchev–Trinajstić information content (AvgIpc) is 2.82. The van der Waals surface area contributed by atoms with Gasteiger partial charge in [-0.05, 0) is 30.2 Å². The molecule has 1 aromatic heterocycles. The van der Waals surface area contributed by atoms with Gasteiger partial charge in [-0.15, -0.1) is 0 Å². The zero-order chi connectivity index (χ0) is 22.7. The molecule has 2 aromatic carbocycles. The molecule has 0 saturated carbocycles. The number of hydrogen-bond donors (Lipinski definition) is 1. The molecule has 0 atom stereocenters. The van der Waals surface area contributed by atoms with Gasteiger partial charge in [0.05, 0.1) is 19.7 Å². The Bertz CT molecular complexity index is 1170. The molecule has 1 saturated heterocycles. The maximum atomic E-state index is 12.6. The van der Waals surface area contributed by atoms with Gasteiger partial charge in [0.25, 0.3) is 0 Å². The fourth-order valence-electron chi connectivity index (χ4n) is 3.78. The molecule has 3 aromatic rings. The Hall–Kier alpha value is -3.81. The van der Waals surface area contributed by atoms with Gasteiger partial charge in [0, 0.05) is 43.7 Å². The molecule has 0 unspecified atom stereocenters. The number of hydrogen-bond acceptors (Lipinski definition) is 7. The van der Waals surface area contributed by atoms with Crippen LogP contribution in [0.1, 0.15) is 11.1 Å². The number of fused-ring (bicyclic) bond motifs is 1. The summed E-state index contributed by atoms with van der Waals surface area (Å²) in [7, 11) is 3.16. The minimum Gasteiger partial charge on any atom is -0.493 e. The van der Waals surface area contributed by atoms with Crippen LogP contribution in [0.15, 0.2) is 42.5 Å².